The summed E-state index contributed by atoms with van der Waals surface area (Å²) < 4.78 is 0. The molecule has 2 unspecified atom stereocenters. The number of rotatable bonds is 7. The summed E-state index contributed by atoms with van der Waals surface area (Å²) in [5.41, 5.74) is 1.44. The van der Waals surface area contributed by atoms with Crippen LogP contribution in [0.1, 0.15) is 46.1 Å². The fourth-order valence-corrected chi connectivity index (χ4v) is 3.56. The molecule has 1 aliphatic rings. The van der Waals surface area contributed by atoms with Gasteiger partial charge < -0.3 is 15.3 Å². The molecule has 1 fully saturated rings. The van der Waals surface area contributed by atoms with Crippen LogP contribution in [0.3, 0.4) is 0 Å². The SMILES string of the molecule is CC(C)CCNCCN1CCC(C)(c2cccc(O)c2)C(C)C1. The average molecular weight is 319 g/mol. The molecule has 1 aromatic rings. The molecule has 2 atom stereocenters. The number of benzene rings is 1. The van der Waals surface area contributed by atoms with Crippen LogP contribution in [0.4, 0.5) is 0 Å². The van der Waals surface area contributed by atoms with Gasteiger partial charge in [0, 0.05) is 19.6 Å². The van der Waals surface area contributed by atoms with Gasteiger partial charge in [0.2, 0.25) is 0 Å². The summed E-state index contributed by atoms with van der Waals surface area (Å²) in [5.74, 6) is 1.75. The number of phenols is 1. The predicted octanol–water partition coefficient (Wildman–Crippen LogP) is 3.63. The molecule has 0 bridgehead atoms. The number of piperidine rings is 1. The standard InChI is InChI=1S/C20H34N2O/c1-16(2)8-10-21-11-13-22-12-9-20(4,17(3)15-22)18-6-5-7-19(23)14-18/h5-7,14,16-17,21,23H,8-13,15H2,1-4H3. The van der Waals surface area contributed by atoms with E-state index in [0.29, 0.717) is 11.7 Å². The van der Waals surface area contributed by atoms with Crippen LogP contribution in [-0.4, -0.2) is 42.7 Å². The molecule has 0 saturated carbocycles. The first-order valence-electron chi connectivity index (χ1n) is 9.14. The molecule has 2 rings (SSSR count). The molecule has 1 aromatic carbocycles. The molecular weight excluding hydrogens is 284 g/mol. The number of hydrogen-bond donors (Lipinski definition) is 2. The zero-order chi connectivity index (χ0) is 16.9. The van der Waals surface area contributed by atoms with Crippen LogP contribution in [0.25, 0.3) is 0 Å². The zero-order valence-corrected chi connectivity index (χ0v) is 15.3. The highest BCUT2D eigenvalue weighted by molar-refractivity contribution is 5.33. The molecule has 0 spiro atoms. The van der Waals surface area contributed by atoms with Gasteiger partial charge in [0.15, 0.2) is 0 Å². The van der Waals surface area contributed by atoms with E-state index in [9.17, 15) is 5.11 Å². The minimum Gasteiger partial charge on any atom is -0.508 e. The summed E-state index contributed by atoms with van der Waals surface area (Å²) in [7, 11) is 0. The maximum atomic E-state index is 9.78. The third-order valence-corrected chi connectivity index (χ3v) is 5.58. The Hall–Kier alpha value is -1.06. The minimum atomic E-state index is 0.167. The predicted molar refractivity (Wildman–Crippen MR) is 98.0 cm³/mol. The van der Waals surface area contributed by atoms with E-state index in [4.69, 9.17) is 0 Å². The number of likely N-dealkylation sites (tertiary alicyclic amines) is 1. The lowest BCUT2D eigenvalue weighted by molar-refractivity contribution is 0.112. The van der Waals surface area contributed by atoms with E-state index in [0.717, 1.165) is 45.1 Å². The van der Waals surface area contributed by atoms with Gasteiger partial charge in [0.25, 0.3) is 0 Å². The van der Waals surface area contributed by atoms with Gasteiger partial charge >= 0.3 is 0 Å². The lowest BCUT2D eigenvalue weighted by Gasteiger charge is -2.45. The van der Waals surface area contributed by atoms with Gasteiger partial charge in [-0.2, -0.15) is 0 Å². The van der Waals surface area contributed by atoms with Crippen LogP contribution in [-0.2, 0) is 5.41 Å². The van der Waals surface area contributed by atoms with Crippen LogP contribution in [0, 0.1) is 11.8 Å². The van der Waals surface area contributed by atoms with E-state index < -0.39 is 0 Å². The van der Waals surface area contributed by atoms with Crippen molar-refractivity contribution >= 4 is 0 Å². The lowest BCUT2D eigenvalue weighted by Crippen LogP contribution is -2.48. The number of phenolic OH excluding ortho intramolecular Hbond substituents is 1. The Balaban J connectivity index is 1.82. The Morgan fingerprint density at radius 2 is 2.13 bits per heavy atom. The summed E-state index contributed by atoms with van der Waals surface area (Å²) in [6.07, 6.45) is 2.41. The molecule has 23 heavy (non-hydrogen) atoms. The Bertz CT molecular complexity index is 488. The van der Waals surface area contributed by atoms with Crippen LogP contribution >= 0.6 is 0 Å². The quantitative estimate of drug-likeness (QED) is 0.754. The largest absolute Gasteiger partial charge is 0.508 e. The van der Waals surface area contributed by atoms with Crippen molar-refractivity contribution in [3.05, 3.63) is 29.8 Å². The van der Waals surface area contributed by atoms with Crippen LogP contribution in [0.15, 0.2) is 24.3 Å². The van der Waals surface area contributed by atoms with E-state index in [-0.39, 0.29) is 5.41 Å². The number of nitrogens with one attached hydrogen (secondary N) is 1. The molecule has 0 aromatic heterocycles. The normalized spacial score (nSPS) is 25.9. The third kappa shape index (κ3) is 4.95. The smallest absolute Gasteiger partial charge is 0.115 e. The van der Waals surface area contributed by atoms with E-state index in [1.807, 2.05) is 12.1 Å². The molecule has 1 saturated heterocycles. The molecule has 0 amide bonds. The molecular formula is C20H34N2O. The summed E-state index contributed by atoms with van der Waals surface area (Å²) in [6.45, 7) is 14.9. The lowest BCUT2D eigenvalue weighted by atomic mass is 9.68. The number of nitrogens with zero attached hydrogens (tertiary/aromatic N) is 1. The van der Waals surface area contributed by atoms with Crippen molar-refractivity contribution < 1.29 is 5.11 Å². The van der Waals surface area contributed by atoms with Crippen molar-refractivity contribution in [2.24, 2.45) is 11.8 Å². The maximum Gasteiger partial charge on any atom is 0.115 e. The highest BCUT2D eigenvalue weighted by Gasteiger charge is 2.37. The minimum absolute atomic E-state index is 0.167. The van der Waals surface area contributed by atoms with Crippen LogP contribution in [0.2, 0.25) is 0 Å². The highest BCUT2D eigenvalue weighted by Crippen LogP contribution is 2.40. The molecule has 1 aliphatic heterocycles. The first-order chi connectivity index (χ1) is 10.9. The van der Waals surface area contributed by atoms with Crippen molar-refractivity contribution in [1.29, 1.82) is 0 Å². The van der Waals surface area contributed by atoms with Gasteiger partial charge in [0.05, 0.1) is 0 Å². The van der Waals surface area contributed by atoms with Crippen molar-refractivity contribution in [3.63, 3.8) is 0 Å². The number of aromatic hydroxyl groups is 1. The molecule has 0 radical (unpaired) electrons. The van der Waals surface area contributed by atoms with E-state index in [2.05, 4.69) is 44.0 Å². The van der Waals surface area contributed by atoms with Gasteiger partial charge in [-0.3, -0.25) is 0 Å². The van der Waals surface area contributed by atoms with Gasteiger partial charge in [0.1, 0.15) is 5.75 Å². The van der Waals surface area contributed by atoms with Crippen molar-refractivity contribution in [3.8, 4) is 5.75 Å². The molecule has 130 valence electrons. The van der Waals surface area contributed by atoms with E-state index in [1.165, 1.54) is 12.0 Å². The van der Waals surface area contributed by atoms with Crippen molar-refractivity contribution in [1.82, 2.24) is 10.2 Å². The molecule has 0 aliphatic carbocycles. The molecule has 3 heteroatoms. The first kappa shape index (κ1) is 18.3. The van der Waals surface area contributed by atoms with Crippen LogP contribution < -0.4 is 5.32 Å². The Labute approximate surface area is 142 Å². The van der Waals surface area contributed by atoms with E-state index in [1.54, 1.807) is 6.07 Å². The first-order valence-corrected chi connectivity index (χ1v) is 9.14. The number of hydrogen-bond acceptors (Lipinski definition) is 3. The van der Waals surface area contributed by atoms with Gasteiger partial charge in [-0.05, 0) is 60.9 Å². The average Bonchev–Trinajstić information content (AvgIpc) is 2.50. The van der Waals surface area contributed by atoms with Crippen LogP contribution in [0.5, 0.6) is 5.75 Å². The van der Waals surface area contributed by atoms with Gasteiger partial charge in [-0.1, -0.05) is 39.8 Å². The molecule has 2 N–H and O–H groups in total. The summed E-state index contributed by atoms with van der Waals surface area (Å²) in [5, 5.41) is 13.3. The Morgan fingerprint density at radius 1 is 1.35 bits per heavy atom. The second kappa shape index (κ2) is 8.16. The van der Waals surface area contributed by atoms with Gasteiger partial charge in [-0.15, -0.1) is 0 Å². The highest BCUT2D eigenvalue weighted by atomic mass is 16.3. The second-order valence-electron chi connectivity index (χ2n) is 7.85. The maximum absolute atomic E-state index is 9.78. The topological polar surface area (TPSA) is 35.5 Å². The summed E-state index contributed by atoms with van der Waals surface area (Å²) >= 11 is 0. The van der Waals surface area contributed by atoms with Gasteiger partial charge in [-0.25, -0.2) is 0 Å². The monoisotopic (exact) mass is 318 g/mol. The molecule has 1 heterocycles. The van der Waals surface area contributed by atoms with E-state index >= 15 is 0 Å². The fraction of sp³-hybridized carbons (Fsp3) is 0.700. The van der Waals surface area contributed by atoms with Crippen molar-refractivity contribution in [2.75, 3.05) is 32.7 Å². The summed E-state index contributed by atoms with van der Waals surface area (Å²) in [6, 6.07) is 7.84. The second-order valence-corrected chi connectivity index (χ2v) is 7.85. The molecule has 3 nitrogen and oxygen atoms in total. The third-order valence-electron chi connectivity index (χ3n) is 5.58. The Morgan fingerprint density at radius 3 is 2.78 bits per heavy atom. The van der Waals surface area contributed by atoms with Crippen molar-refractivity contribution in [2.45, 2.75) is 46.0 Å². The fourth-order valence-electron chi connectivity index (χ4n) is 3.56. The Kier molecular flexibility index (Phi) is 6.49. The zero-order valence-electron chi connectivity index (χ0n) is 15.3. The summed E-state index contributed by atoms with van der Waals surface area (Å²) in [4.78, 5) is 2.58.